The van der Waals surface area contributed by atoms with Gasteiger partial charge in [-0.25, -0.2) is 0 Å². The molecule has 2 heterocycles. The molecule has 0 unspecified atom stereocenters. The Morgan fingerprint density at radius 3 is 3.05 bits per heavy atom. The van der Waals surface area contributed by atoms with Crippen molar-refractivity contribution >= 4 is 17.5 Å². The molecule has 2 N–H and O–H groups in total. The van der Waals surface area contributed by atoms with Gasteiger partial charge < -0.3 is 24.8 Å². The zero-order chi connectivity index (χ0) is 30.9. The standard InChI is InChI=1S/C13H24N4O3S/c1-13(2,3)14-8-10(18)9-20-12-11(15-21-16-12)17-4-6-19-7-5-17/h10,14,18H,4-9H2,1-3H3/t10-/m1/s1/i1D3,2D3,3D3,4D2,5D2,6D2,7D2,10D. The van der Waals surface area contributed by atoms with Crippen LogP contribution < -0.4 is 15.0 Å². The van der Waals surface area contributed by atoms with Gasteiger partial charge in [0.05, 0.1) is 37.2 Å². The number of hydrogen-bond acceptors (Lipinski definition) is 8. The van der Waals surface area contributed by atoms with Crippen LogP contribution in [0.25, 0.3) is 0 Å². The van der Waals surface area contributed by atoms with Gasteiger partial charge in [0.2, 0.25) is 5.82 Å². The monoisotopic (exact) mass is 334 g/mol. The molecule has 0 saturated carbocycles. The molecule has 1 fully saturated rings. The third-order valence-corrected chi connectivity index (χ3v) is 2.51. The summed E-state index contributed by atoms with van der Waals surface area (Å²) >= 11 is 0.273. The smallest absolute Gasteiger partial charge is 0.270 e. The molecule has 1 atom stereocenters. The molecular formula is C13H24N4O3S. The van der Waals surface area contributed by atoms with Crippen molar-refractivity contribution in [1.82, 2.24) is 14.1 Å². The van der Waals surface area contributed by atoms with Crippen LogP contribution in [0, 0.1) is 0 Å². The zero-order valence-corrected chi connectivity index (χ0v) is 11.2. The van der Waals surface area contributed by atoms with E-state index in [1.165, 1.54) is 0 Å². The van der Waals surface area contributed by atoms with Gasteiger partial charge in [0.15, 0.2) is 0 Å². The Bertz CT molecular complexity index is 973. The lowest BCUT2D eigenvalue weighted by atomic mass is 10.1. The van der Waals surface area contributed by atoms with E-state index in [9.17, 15) is 5.11 Å². The first-order chi connectivity index (χ1) is 17.0. The number of anilines is 1. The highest BCUT2D eigenvalue weighted by molar-refractivity contribution is 6.99. The minimum Gasteiger partial charge on any atom is -0.472 e. The van der Waals surface area contributed by atoms with Crippen LogP contribution in [0.4, 0.5) is 5.82 Å². The normalized spacial score (nSPS) is 43.4. The number of rotatable bonds is 6. The van der Waals surface area contributed by atoms with Gasteiger partial charge in [-0.2, -0.15) is 4.37 Å². The van der Waals surface area contributed by atoms with Crippen LogP contribution in [-0.2, 0) is 4.74 Å². The summed E-state index contributed by atoms with van der Waals surface area (Å²) in [5, 5.41) is 12.2. The zero-order valence-electron chi connectivity index (χ0n) is 28.4. The molecule has 0 radical (unpaired) electrons. The molecule has 1 aromatic rings. The summed E-state index contributed by atoms with van der Waals surface area (Å²) < 4.78 is 156. The van der Waals surface area contributed by atoms with Crippen LogP contribution in [0.3, 0.4) is 0 Å². The van der Waals surface area contributed by atoms with E-state index in [0.29, 0.717) is 0 Å². The second kappa shape index (κ2) is 7.35. The van der Waals surface area contributed by atoms with Crippen LogP contribution in [0.5, 0.6) is 5.88 Å². The van der Waals surface area contributed by atoms with Gasteiger partial charge in [0, 0.05) is 37.4 Å². The predicted octanol–water partition coefficient (Wildman–Crippen LogP) is 0.502. The fraction of sp³-hybridized carbons (Fsp3) is 0.846. The molecule has 1 aliphatic rings. The molecule has 0 bridgehead atoms. The molecule has 0 amide bonds. The molecule has 1 aliphatic heterocycles. The van der Waals surface area contributed by atoms with Gasteiger partial charge in [-0.3, -0.25) is 0 Å². The lowest BCUT2D eigenvalue weighted by Crippen LogP contribution is -2.42. The Balaban J connectivity index is 2.38. The maximum Gasteiger partial charge on any atom is 0.270 e. The Morgan fingerprint density at radius 2 is 2.33 bits per heavy atom. The topological polar surface area (TPSA) is 79.7 Å². The lowest BCUT2D eigenvalue weighted by molar-refractivity contribution is 0.0975. The summed E-state index contributed by atoms with van der Waals surface area (Å²) in [6, 6.07) is 0. The quantitative estimate of drug-likeness (QED) is 0.784. The van der Waals surface area contributed by atoms with E-state index in [0.717, 1.165) is 0 Å². The van der Waals surface area contributed by atoms with Gasteiger partial charge in [-0.1, -0.05) is 0 Å². The maximum atomic E-state index is 10.4. The number of morpholine rings is 1. The Labute approximate surface area is 154 Å². The van der Waals surface area contributed by atoms with Gasteiger partial charge >= 0.3 is 0 Å². The summed E-state index contributed by atoms with van der Waals surface area (Å²) in [4.78, 5) is -0.0630. The van der Waals surface area contributed by atoms with Crippen molar-refractivity contribution in [1.29, 1.82) is 0 Å². The SMILES string of the molecule is [2H]C([2H])([2H])C(NC[C@@]([2H])(O)COc1nsnc1N1C([2H])([2H])C([2H])([2H])OC([2H])([2H])C1([2H])[2H])(C([2H])([2H])[2H])C([2H])([2H])[2H]. The summed E-state index contributed by atoms with van der Waals surface area (Å²) in [6.07, 6.45) is -2.97. The van der Waals surface area contributed by atoms with E-state index in [1.54, 1.807) is 5.32 Å². The second-order valence-corrected chi connectivity index (χ2v) is 4.25. The molecule has 7 nitrogen and oxygen atoms in total. The van der Waals surface area contributed by atoms with Crippen LogP contribution >= 0.6 is 11.7 Å². The molecule has 8 heteroatoms. The van der Waals surface area contributed by atoms with Gasteiger partial charge in [0.1, 0.15) is 12.7 Å². The molecular weight excluding hydrogens is 292 g/mol. The highest BCUT2D eigenvalue weighted by Crippen LogP contribution is 2.26. The summed E-state index contributed by atoms with van der Waals surface area (Å²) in [6.45, 7) is -27.3. The number of nitrogens with one attached hydrogen (secondary N) is 1. The van der Waals surface area contributed by atoms with Crippen molar-refractivity contribution in [3.8, 4) is 5.88 Å². The number of ether oxygens (including phenoxy) is 2. The molecule has 0 aromatic carbocycles. The van der Waals surface area contributed by atoms with Gasteiger partial charge in [-0.15, -0.1) is 4.37 Å². The van der Waals surface area contributed by atoms with Crippen molar-refractivity contribution < 1.29 is 39.3 Å². The van der Waals surface area contributed by atoms with Gasteiger partial charge in [0.25, 0.3) is 5.88 Å². The average Bonchev–Trinajstić information content (AvgIpc) is 3.09. The maximum absolute atomic E-state index is 10.4. The summed E-state index contributed by atoms with van der Waals surface area (Å²) in [5.74, 6) is -1.71. The molecule has 0 aliphatic carbocycles. The van der Waals surface area contributed by atoms with E-state index in [2.05, 4.69) is 13.5 Å². The van der Waals surface area contributed by atoms with Crippen LogP contribution in [0.15, 0.2) is 0 Å². The van der Waals surface area contributed by atoms with Gasteiger partial charge in [-0.05, 0) is 20.6 Å². The molecule has 21 heavy (non-hydrogen) atoms. The molecule has 120 valence electrons. The summed E-state index contributed by atoms with van der Waals surface area (Å²) in [7, 11) is 0. The first kappa shape index (κ1) is 4.77. The van der Waals surface area contributed by atoms with Crippen molar-refractivity contribution in [2.45, 2.75) is 32.2 Å². The molecule has 2 rings (SSSR count). The minimum atomic E-state index is -3.68. The second-order valence-electron chi connectivity index (χ2n) is 3.72. The highest BCUT2D eigenvalue weighted by Gasteiger charge is 2.21. The third kappa shape index (κ3) is 5.39. The van der Waals surface area contributed by atoms with E-state index >= 15 is 0 Å². The first-order valence-electron chi connectivity index (χ1n) is 14.4. The van der Waals surface area contributed by atoms with Crippen LogP contribution in [-0.4, -0.2) is 64.7 Å². The summed E-state index contributed by atoms with van der Waals surface area (Å²) in [5.41, 5.74) is -3.58. The Kier molecular flexibility index (Phi) is 1.67. The molecule has 1 saturated heterocycles. The number of nitrogens with zero attached hydrogens (tertiary/aromatic N) is 3. The minimum absolute atomic E-state index is 0.0630. The van der Waals surface area contributed by atoms with E-state index in [4.69, 9.17) is 29.4 Å². The number of hydrogen-bond donors (Lipinski definition) is 2. The Morgan fingerprint density at radius 1 is 1.57 bits per heavy atom. The average molecular weight is 335 g/mol. The van der Waals surface area contributed by atoms with Crippen LogP contribution in [0.2, 0.25) is 0 Å². The first-order valence-corrected chi connectivity index (χ1v) is 6.15. The third-order valence-electron chi connectivity index (χ3n) is 2.00. The fourth-order valence-electron chi connectivity index (χ4n) is 1.14. The fourth-order valence-corrected chi connectivity index (χ4v) is 1.62. The molecule has 0 spiro atoms. The number of aromatic nitrogens is 2. The van der Waals surface area contributed by atoms with E-state index in [1.807, 2.05) is 0 Å². The van der Waals surface area contributed by atoms with Crippen molar-refractivity contribution in [2.75, 3.05) is 44.2 Å². The predicted molar refractivity (Wildman–Crippen MR) is 82.2 cm³/mol. The van der Waals surface area contributed by atoms with Crippen molar-refractivity contribution in [3.05, 3.63) is 0 Å². The largest absolute Gasteiger partial charge is 0.472 e. The van der Waals surface area contributed by atoms with E-state index < -0.39 is 83.1 Å². The molecule has 1 aromatic heterocycles. The van der Waals surface area contributed by atoms with Crippen molar-refractivity contribution in [3.63, 3.8) is 0 Å². The lowest BCUT2D eigenvalue weighted by Gasteiger charge is -2.27. The van der Waals surface area contributed by atoms with E-state index in [-0.39, 0.29) is 16.6 Å². The number of aliphatic hydroxyl groups is 1. The number of β-amino-alcohol motifs (C(OH)–C–C–N with tert-alkyl or cyclic N) is 1. The highest BCUT2D eigenvalue weighted by atomic mass is 32.1. The van der Waals surface area contributed by atoms with Crippen LogP contribution in [0.1, 0.15) is 45.2 Å². The Hall–Kier alpha value is -0.960. The van der Waals surface area contributed by atoms with Crippen molar-refractivity contribution in [2.24, 2.45) is 0 Å².